The molecule has 24 heavy (non-hydrogen) atoms. The lowest BCUT2D eigenvalue weighted by atomic mass is 9.90. The van der Waals surface area contributed by atoms with Gasteiger partial charge in [-0.2, -0.15) is 0 Å². The molecule has 6 nitrogen and oxygen atoms in total. The number of hydrogen-bond acceptors (Lipinski definition) is 5. The third-order valence-electron chi connectivity index (χ3n) is 3.85. The molecule has 0 spiro atoms. The van der Waals surface area contributed by atoms with Gasteiger partial charge in [0.2, 0.25) is 11.8 Å². The quantitative estimate of drug-likeness (QED) is 0.488. The van der Waals surface area contributed by atoms with Gasteiger partial charge in [-0.05, 0) is 24.2 Å². The molecular weight excluding hydrogens is 326 g/mol. The van der Waals surface area contributed by atoms with E-state index in [1.165, 1.54) is 11.8 Å². The summed E-state index contributed by atoms with van der Waals surface area (Å²) in [7, 11) is 1.56. The molecule has 0 aromatic carbocycles. The summed E-state index contributed by atoms with van der Waals surface area (Å²) in [6.45, 7) is 8.41. The maximum Gasteiger partial charge on any atom is 0.223 e. The Morgan fingerprint density at radius 3 is 2.71 bits per heavy atom. The summed E-state index contributed by atoms with van der Waals surface area (Å²) in [6, 6.07) is 0. The summed E-state index contributed by atoms with van der Waals surface area (Å²) < 4.78 is 0. The first kappa shape index (κ1) is 20.4. The topological polar surface area (TPSA) is 87.6 Å². The molecule has 1 aliphatic heterocycles. The molecule has 1 saturated heterocycles. The minimum Gasteiger partial charge on any atom is -0.356 e. The van der Waals surface area contributed by atoms with E-state index in [9.17, 15) is 14.4 Å². The molecule has 0 aromatic heterocycles. The van der Waals surface area contributed by atoms with E-state index in [0.717, 1.165) is 6.42 Å². The van der Waals surface area contributed by atoms with Crippen molar-refractivity contribution >= 4 is 34.4 Å². The van der Waals surface area contributed by atoms with Crippen molar-refractivity contribution in [1.82, 2.24) is 10.6 Å². The number of hydrogen-bond donors (Lipinski definition) is 2. The van der Waals surface area contributed by atoms with Gasteiger partial charge in [0.15, 0.2) is 5.78 Å². The van der Waals surface area contributed by atoms with E-state index in [1.54, 1.807) is 12.5 Å². The Balaban J connectivity index is 2.77. The number of ketones is 1. The van der Waals surface area contributed by atoms with Crippen molar-refractivity contribution in [3.05, 3.63) is 12.0 Å². The van der Waals surface area contributed by atoms with Crippen LogP contribution in [0, 0.1) is 17.8 Å². The van der Waals surface area contributed by atoms with Crippen molar-refractivity contribution in [2.75, 3.05) is 20.1 Å². The summed E-state index contributed by atoms with van der Waals surface area (Å²) in [4.78, 5) is 40.4. The Kier molecular flexibility index (Phi) is 8.74. The van der Waals surface area contributed by atoms with Crippen LogP contribution in [0.5, 0.6) is 0 Å². The molecule has 1 rings (SSSR count). The van der Waals surface area contributed by atoms with Gasteiger partial charge in [0, 0.05) is 38.4 Å². The number of carbonyl (C=O) groups excluding carboxylic acids is 3. The summed E-state index contributed by atoms with van der Waals surface area (Å²) >= 11 is 1.17. The highest BCUT2D eigenvalue weighted by atomic mass is 32.2. The number of Topliss-reactive ketones (excluding diaryl/α,β-unsaturated/α-hetero) is 1. The summed E-state index contributed by atoms with van der Waals surface area (Å²) in [5, 5.41) is 7.51. The lowest BCUT2D eigenvalue weighted by molar-refractivity contribution is -0.123. The van der Waals surface area contributed by atoms with E-state index in [1.807, 2.05) is 13.8 Å². The van der Waals surface area contributed by atoms with Gasteiger partial charge in [-0.3, -0.25) is 19.4 Å². The van der Waals surface area contributed by atoms with Crippen LogP contribution in [-0.2, 0) is 14.4 Å². The van der Waals surface area contributed by atoms with Crippen LogP contribution in [0.3, 0.4) is 0 Å². The van der Waals surface area contributed by atoms with Gasteiger partial charge in [0.25, 0.3) is 0 Å². The Labute approximate surface area is 147 Å². The Hall–Kier alpha value is -1.63. The number of thioether (sulfide) groups is 1. The summed E-state index contributed by atoms with van der Waals surface area (Å²) in [5.74, 6) is -0.637. The molecule has 1 heterocycles. The molecule has 1 fully saturated rings. The highest BCUT2D eigenvalue weighted by Gasteiger charge is 2.32. The predicted molar refractivity (Wildman–Crippen MR) is 97.8 cm³/mol. The fraction of sp³-hybridized carbons (Fsp3) is 0.647. The predicted octanol–water partition coefficient (Wildman–Crippen LogP) is 1.77. The van der Waals surface area contributed by atoms with Crippen LogP contribution in [0.25, 0.3) is 0 Å². The van der Waals surface area contributed by atoms with Crippen LogP contribution in [0.4, 0.5) is 0 Å². The van der Waals surface area contributed by atoms with Gasteiger partial charge >= 0.3 is 0 Å². The Bertz CT molecular complexity index is 517. The fourth-order valence-corrected chi connectivity index (χ4v) is 3.20. The molecule has 1 aliphatic rings. The molecule has 134 valence electrons. The van der Waals surface area contributed by atoms with Crippen molar-refractivity contribution in [3.63, 3.8) is 0 Å². The number of amides is 2. The van der Waals surface area contributed by atoms with E-state index in [-0.39, 0.29) is 36.0 Å². The lowest BCUT2D eigenvalue weighted by Crippen LogP contribution is -2.37. The largest absolute Gasteiger partial charge is 0.356 e. The maximum absolute atomic E-state index is 12.7. The van der Waals surface area contributed by atoms with E-state index < -0.39 is 5.92 Å². The van der Waals surface area contributed by atoms with Crippen LogP contribution in [0.15, 0.2) is 17.0 Å². The third kappa shape index (κ3) is 6.47. The highest BCUT2D eigenvalue weighted by Crippen LogP contribution is 2.22. The second-order valence-electron chi connectivity index (χ2n) is 6.29. The van der Waals surface area contributed by atoms with Crippen LogP contribution in [0.2, 0.25) is 0 Å². The molecule has 0 bridgehead atoms. The zero-order valence-electron chi connectivity index (χ0n) is 14.6. The molecule has 2 unspecified atom stereocenters. The SMILES string of the molecule is C=CSC(=NC)C(=O)C(CNC(=O)CC(C)C)CC1CCNC1=O. The minimum absolute atomic E-state index is 0.0207. The molecular formula is C17H27N3O3S. The Morgan fingerprint density at radius 2 is 2.21 bits per heavy atom. The molecule has 2 atom stereocenters. The second-order valence-corrected chi connectivity index (χ2v) is 7.24. The first-order valence-electron chi connectivity index (χ1n) is 8.22. The van der Waals surface area contributed by atoms with Crippen LogP contribution in [-0.4, -0.2) is 42.8 Å². The molecule has 0 radical (unpaired) electrons. The maximum atomic E-state index is 12.7. The van der Waals surface area contributed by atoms with Crippen molar-refractivity contribution in [1.29, 1.82) is 0 Å². The second kappa shape index (κ2) is 10.3. The van der Waals surface area contributed by atoms with Gasteiger partial charge in [0.05, 0.1) is 0 Å². The standard InChI is InChI=1S/C17H27N3O3S/c1-5-24-17(18-4)15(22)13(9-12-6-7-19-16(12)23)10-20-14(21)8-11(2)3/h5,11-13H,1,6-10H2,2-4H3,(H,19,23)(H,20,21). The first-order chi connectivity index (χ1) is 11.4. The average molecular weight is 353 g/mol. The normalized spacial score (nSPS) is 19.1. The highest BCUT2D eigenvalue weighted by molar-refractivity contribution is 8.18. The van der Waals surface area contributed by atoms with Crippen molar-refractivity contribution < 1.29 is 14.4 Å². The number of aliphatic imine (C=N–C) groups is 1. The fourth-order valence-electron chi connectivity index (χ4n) is 2.65. The smallest absolute Gasteiger partial charge is 0.223 e. The number of carbonyl (C=O) groups is 3. The molecule has 2 N–H and O–H groups in total. The zero-order valence-corrected chi connectivity index (χ0v) is 15.4. The van der Waals surface area contributed by atoms with E-state index in [4.69, 9.17) is 0 Å². The van der Waals surface area contributed by atoms with Gasteiger partial charge in [-0.15, -0.1) is 0 Å². The molecule has 2 amide bonds. The molecule has 0 aromatic rings. The summed E-state index contributed by atoms with van der Waals surface area (Å²) in [5.41, 5.74) is 0. The lowest BCUT2D eigenvalue weighted by Gasteiger charge is -2.19. The average Bonchev–Trinajstić information content (AvgIpc) is 2.92. The number of nitrogens with one attached hydrogen (secondary N) is 2. The number of rotatable bonds is 9. The molecule has 7 heteroatoms. The van der Waals surface area contributed by atoms with Crippen LogP contribution >= 0.6 is 11.8 Å². The first-order valence-corrected chi connectivity index (χ1v) is 9.09. The van der Waals surface area contributed by atoms with Gasteiger partial charge in [-0.25, -0.2) is 0 Å². The monoisotopic (exact) mass is 353 g/mol. The van der Waals surface area contributed by atoms with E-state index >= 15 is 0 Å². The van der Waals surface area contributed by atoms with Crippen molar-refractivity contribution in [2.45, 2.75) is 33.1 Å². The van der Waals surface area contributed by atoms with E-state index in [0.29, 0.717) is 24.4 Å². The van der Waals surface area contributed by atoms with Gasteiger partial charge in [-0.1, -0.05) is 32.2 Å². The van der Waals surface area contributed by atoms with E-state index in [2.05, 4.69) is 22.2 Å². The van der Waals surface area contributed by atoms with Crippen molar-refractivity contribution in [2.24, 2.45) is 22.7 Å². The Morgan fingerprint density at radius 1 is 1.50 bits per heavy atom. The van der Waals surface area contributed by atoms with Gasteiger partial charge in [0.1, 0.15) is 5.04 Å². The van der Waals surface area contributed by atoms with Gasteiger partial charge < -0.3 is 10.6 Å². The number of nitrogens with zero attached hydrogens (tertiary/aromatic N) is 1. The van der Waals surface area contributed by atoms with Crippen LogP contribution in [0.1, 0.15) is 33.1 Å². The summed E-state index contributed by atoms with van der Waals surface area (Å²) in [6.07, 6.45) is 1.56. The van der Waals surface area contributed by atoms with Crippen molar-refractivity contribution in [3.8, 4) is 0 Å². The molecule has 0 saturated carbocycles. The minimum atomic E-state index is -0.457. The van der Waals surface area contributed by atoms with Crippen LogP contribution < -0.4 is 10.6 Å². The zero-order chi connectivity index (χ0) is 18.1. The molecule has 0 aliphatic carbocycles. The third-order valence-corrected chi connectivity index (χ3v) is 4.62.